The summed E-state index contributed by atoms with van der Waals surface area (Å²) in [6, 6.07) is 12.8. The minimum atomic E-state index is -0.788. The molecule has 0 radical (unpaired) electrons. The van der Waals surface area contributed by atoms with Crippen LogP contribution in [0.1, 0.15) is 5.69 Å². The van der Waals surface area contributed by atoms with Crippen LogP contribution in [-0.2, 0) is 16.1 Å². The summed E-state index contributed by atoms with van der Waals surface area (Å²) in [5, 5.41) is 5.86. The van der Waals surface area contributed by atoms with E-state index in [0.29, 0.717) is 23.0 Å². The molecule has 0 amide bonds. The Bertz CT molecular complexity index is 842. The lowest BCUT2D eigenvalue weighted by Gasteiger charge is -2.24. The summed E-state index contributed by atoms with van der Waals surface area (Å²) in [4.78, 5) is 13.1. The highest BCUT2D eigenvalue weighted by Crippen LogP contribution is 2.31. The molecule has 0 fully saturated rings. The quantitative estimate of drug-likeness (QED) is 0.677. The van der Waals surface area contributed by atoms with Crippen molar-refractivity contribution in [1.82, 2.24) is 5.16 Å². The highest BCUT2D eigenvalue weighted by Gasteiger charge is 2.28. The Morgan fingerprint density at radius 3 is 2.96 bits per heavy atom. The number of benzene rings is 1. The first kappa shape index (κ1) is 14.8. The monoisotopic (exact) mass is 343 g/mol. The molecule has 3 heterocycles. The van der Waals surface area contributed by atoms with E-state index >= 15 is 0 Å². The second-order valence-corrected chi connectivity index (χ2v) is 6.08. The molecule has 0 spiro atoms. The van der Waals surface area contributed by atoms with E-state index in [1.165, 1.54) is 0 Å². The summed E-state index contributed by atoms with van der Waals surface area (Å²) >= 11 is 1.55. The molecule has 1 aromatic carbocycles. The van der Waals surface area contributed by atoms with Gasteiger partial charge < -0.3 is 18.7 Å². The van der Waals surface area contributed by atoms with Crippen molar-refractivity contribution in [2.75, 3.05) is 6.61 Å². The van der Waals surface area contributed by atoms with E-state index in [-0.39, 0.29) is 13.2 Å². The van der Waals surface area contributed by atoms with Crippen LogP contribution in [0.4, 0.5) is 0 Å². The van der Waals surface area contributed by atoms with Crippen LogP contribution in [-0.4, -0.2) is 23.8 Å². The molecule has 0 saturated heterocycles. The van der Waals surface area contributed by atoms with Crippen LogP contribution in [0.25, 0.3) is 10.6 Å². The van der Waals surface area contributed by atoms with Gasteiger partial charge in [0.05, 0.1) is 4.88 Å². The second-order valence-electron chi connectivity index (χ2n) is 5.13. The van der Waals surface area contributed by atoms with Crippen molar-refractivity contribution in [1.29, 1.82) is 0 Å². The first-order chi connectivity index (χ1) is 11.8. The van der Waals surface area contributed by atoms with E-state index in [0.717, 1.165) is 4.88 Å². The van der Waals surface area contributed by atoms with Gasteiger partial charge in [-0.25, -0.2) is 4.79 Å². The van der Waals surface area contributed by atoms with Crippen molar-refractivity contribution in [3.8, 4) is 22.1 Å². The zero-order chi connectivity index (χ0) is 16.4. The third kappa shape index (κ3) is 2.98. The lowest BCUT2D eigenvalue weighted by atomic mass is 10.2. The second kappa shape index (κ2) is 6.37. The minimum absolute atomic E-state index is 0.0230. The molecule has 0 unspecified atom stereocenters. The Labute approximate surface area is 141 Å². The van der Waals surface area contributed by atoms with Gasteiger partial charge in [-0.05, 0) is 23.6 Å². The zero-order valence-electron chi connectivity index (χ0n) is 12.5. The van der Waals surface area contributed by atoms with Gasteiger partial charge in [-0.3, -0.25) is 0 Å². The van der Waals surface area contributed by atoms with Crippen LogP contribution in [0.5, 0.6) is 11.5 Å². The van der Waals surface area contributed by atoms with E-state index < -0.39 is 12.1 Å². The van der Waals surface area contributed by atoms with Crippen molar-refractivity contribution in [3.63, 3.8) is 0 Å². The van der Waals surface area contributed by atoms with Crippen LogP contribution in [0.2, 0.25) is 0 Å². The fraction of sp³-hybridized carbons (Fsp3) is 0.176. The number of aromatic nitrogens is 1. The average Bonchev–Trinajstić information content (AvgIpc) is 3.30. The van der Waals surface area contributed by atoms with Gasteiger partial charge in [-0.15, -0.1) is 11.3 Å². The van der Waals surface area contributed by atoms with Gasteiger partial charge in [0.2, 0.25) is 6.10 Å². The molecule has 6 nitrogen and oxygen atoms in total. The van der Waals surface area contributed by atoms with Gasteiger partial charge >= 0.3 is 5.97 Å². The number of ether oxygens (including phenoxy) is 3. The van der Waals surface area contributed by atoms with Crippen molar-refractivity contribution in [2.45, 2.75) is 12.7 Å². The highest BCUT2D eigenvalue weighted by atomic mass is 32.1. The molecule has 7 heteroatoms. The van der Waals surface area contributed by atoms with Gasteiger partial charge in [-0.1, -0.05) is 23.4 Å². The zero-order valence-corrected chi connectivity index (χ0v) is 13.3. The first-order valence-corrected chi connectivity index (χ1v) is 8.22. The third-order valence-electron chi connectivity index (χ3n) is 3.46. The fourth-order valence-electron chi connectivity index (χ4n) is 2.29. The lowest BCUT2D eigenvalue weighted by molar-refractivity contribution is -0.156. The van der Waals surface area contributed by atoms with E-state index in [2.05, 4.69) is 5.16 Å². The summed E-state index contributed by atoms with van der Waals surface area (Å²) in [5.41, 5.74) is 0.545. The highest BCUT2D eigenvalue weighted by molar-refractivity contribution is 7.13. The molecule has 1 aliphatic heterocycles. The third-order valence-corrected chi connectivity index (χ3v) is 4.34. The summed E-state index contributed by atoms with van der Waals surface area (Å²) in [7, 11) is 0. The smallest absolute Gasteiger partial charge is 0.351 e. The minimum Gasteiger partial charge on any atom is -0.485 e. The number of carbonyl (C=O) groups excluding carboxylic acids is 1. The number of rotatable bonds is 4. The van der Waals surface area contributed by atoms with Gasteiger partial charge in [0, 0.05) is 6.07 Å². The molecule has 3 aromatic rings. The van der Waals surface area contributed by atoms with Gasteiger partial charge in [0.25, 0.3) is 0 Å². The molecule has 4 rings (SSSR count). The van der Waals surface area contributed by atoms with Crippen LogP contribution in [0.15, 0.2) is 52.4 Å². The summed E-state index contributed by atoms with van der Waals surface area (Å²) in [5.74, 6) is 1.32. The Hall–Kier alpha value is -2.80. The van der Waals surface area contributed by atoms with Gasteiger partial charge in [-0.2, -0.15) is 0 Å². The largest absolute Gasteiger partial charge is 0.485 e. The Morgan fingerprint density at radius 2 is 2.12 bits per heavy atom. The maximum Gasteiger partial charge on any atom is 0.351 e. The van der Waals surface area contributed by atoms with E-state index in [9.17, 15) is 4.79 Å². The van der Waals surface area contributed by atoms with Crippen molar-refractivity contribution in [2.24, 2.45) is 0 Å². The normalized spacial score (nSPS) is 15.9. The fourth-order valence-corrected chi connectivity index (χ4v) is 2.96. The summed E-state index contributed by atoms with van der Waals surface area (Å²) < 4.78 is 21.6. The molecule has 0 saturated carbocycles. The molecule has 122 valence electrons. The first-order valence-electron chi connectivity index (χ1n) is 7.34. The molecule has 24 heavy (non-hydrogen) atoms. The maximum atomic E-state index is 12.1. The molecular formula is C17H13NO5S. The molecule has 1 atom stereocenters. The Kier molecular flexibility index (Phi) is 3.92. The molecule has 2 aromatic heterocycles. The maximum absolute atomic E-state index is 12.1. The number of hydrogen-bond donors (Lipinski definition) is 0. The molecular weight excluding hydrogens is 330 g/mol. The van der Waals surface area contributed by atoms with E-state index in [1.807, 2.05) is 29.6 Å². The number of thiophene rings is 1. The molecule has 0 aliphatic carbocycles. The van der Waals surface area contributed by atoms with Crippen molar-refractivity contribution in [3.05, 3.63) is 53.5 Å². The number of hydrogen-bond acceptors (Lipinski definition) is 7. The number of fused-ring (bicyclic) bond motifs is 1. The van der Waals surface area contributed by atoms with Crippen LogP contribution < -0.4 is 9.47 Å². The van der Waals surface area contributed by atoms with Gasteiger partial charge in [0.1, 0.15) is 18.9 Å². The predicted molar refractivity (Wildman–Crippen MR) is 86.0 cm³/mol. The SMILES string of the molecule is O=C(OCc1cc(-c2cccs2)on1)[C@@H]1COc2ccccc2O1. The standard InChI is InChI=1S/C17H13NO5S/c19-17(15-10-20-12-4-1-2-5-13(12)22-15)21-9-11-8-14(23-18-11)16-6-3-7-24-16/h1-8,15H,9-10H2/t15-/m0/s1. The average molecular weight is 343 g/mol. The van der Waals surface area contributed by atoms with Crippen LogP contribution in [0.3, 0.4) is 0 Å². The summed E-state index contributed by atoms with van der Waals surface area (Å²) in [6.07, 6.45) is -0.788. The Morgan fingerprint density at radius 1 is 1.25 bits per heavy atom. The number of esters is 1. The molecule has 1 aliphatic rings. The molecule has 0 N–H and O–H groups in total. The topological polar surface area (TPSA) is 70.8 Å². The van der Waals surface area contributed by atoms with Gasteiger partial charge in [0.15, 0.2) is 17.3 Å². The van der Waals surface area contributed by atoms with Crippen LogP contribution >= 0.6 is 11.3 Å². The predicted octanol–water partition coefficient (Wildman–Crippen LogP) is 3.29. The van der Waals surface area contributed by atoms with E-state index in [4.69, 9.17) is 18.7 Å². The van der Waals surface area contributed by atoms with E-state index in [1.54, 1.807) is 29.5 Å². The number of carbonyl (C=O) groups is 1. The number of nitrogens with zero attached hydrogens (tertiary/aromatic N) is 1. The van der Waals surface area contributed by atoms with Crippen molar-refractivity contribution < 1.29 is 23.5 Å². The van der Waals surface area contributed by atoms with Crippen LogP contribution in [0, 0.1) is 0 Å². The lowest BCUT2D eigenvalue weighted by Crippen LogP contribution is -2.37. The van der Waals surface area contributed by atoms with Crippen molar-refractivity contribution >= 4 is 17.3 Å². The molecule has 0 bridgehead atoms. The number of para-hydroxylation sites is 2. The Balaban J connectivity index is 1.36. The summed E-state index contributed by atoms with van der Waals surface area (Å²) in [6.45, 7) is 0.143.